The van der Waals surface area contributed by atoms with Gasteiger partial charge in [0.25, 0.3) is 0 Å². The highest BCUT2D eigenvalue weighted by molar-refractivity contribution is 5.76. The Morgan fingerprint density at radius 1 is 1.40 bits per heavy atom. The number of carbonyl (C=O) groups excluding carboxylic acids is 1. The van der Waals surface area contributed by atoms with Crippen LogP contribution in [-0.4, -0.2) is 31.0 Å². The Balaban J connectivity index is 2.63. The monoisotopic (exact) mass is 282 g/mol. The van der Waals surface area contributed by atoms with Crippen molar-refractivity contribution < 1.29 is 13.9 Å². The molecular formula is C15H23FN2O2. The standard InChI is InChI=1S/C15H23FN2O2/c1-3-18(15(19)6-4-5-9-17)11-12-7-8-14(20-2)13(16)10-12/h7-8,10H,3-6,9,11,17H2,1-2H3. The first kappa shape index (κ1) is 16.4. The van der Waals surface area contributed by atoms with Crippen LogP contribution in [-0.2, 0) is 11.3 Å². The summed E-state index contributed by atoms with van der Waals surface area (Å²) in [4.78, 5) is 13.7. The molecule has 0 aromatic heterocycles. The highest BCUT2D eigenvalue weighted by Crippen LogP contribution is 2.19. The number of carbonyl (C=O) groups is 1. The third-order valence-corrected chi connectivity index (χ3v) is 3.17. The number of ether oxygens (including phenoxy) is 1. The molecule has 0 aliphatic carbocycles. The zero-order chi connectivity index (χ0) is 15.0. The molecule has 0 spiro atoms. The molecule has 0 radical (unpaired) electrons. The van der Waals surface area contributed by atoms with Crippen LogP contribution in [0.2, 0.25) is 0 Å². The van der Waals surface area contributed by atoms with Gasteiger partial charge in [-0.25, -0.2) is 4.39 Å². The zero-order valence-electron chi connectivity index (χ0n) is 12.2. The molecule has 0 aliphatic rings. The van der Waals surface area contributed by atoms with Crippen molar-refractivity contribution in [3.05, 3.63) is 29.6 Å². The molecule has 112 valence electrons. The quantitative estimate of drug-likeness (QED) is 0.744. The van der Waals surface area contributed by atoms with Crippen molar-refractivity contribution in [1.29, 1.82) is 0 Å². The maximum absolute atomic E-state index is 13.6. The molecule has 1 rings (SSSR count). The van der Waals surface area contributed by atoms with Crippen LogP contribution >= 0.6 is 0 Å². The van der Waals surface area contributed by atoms with Crippen LogP contribution in [0.15, 0.2) is 18.2 Å². The average Bonchev–Trinajstić information content (AvgIpc) is 2.45. The van der Waals surface area contributed by atoms with Gasteiger partial charge in [-0.2, -0.15) is 0 Å². The number of methoxy groups -OCH3 is 1. The topological polar surface area (TPSA) is 55.6 Å². The van der Waals surface area contributed by atoms with Gasteiger partial charge < -0.3 is 15.4 Å². The Kier molecular flexibility index (Phi) is 7.01. The molecule has 1 amide bonds. The Hall–Kier alpha value is -1.62. The minimum atomic E-state index is -0.406. The molecule has 0 aliphatic heterocycles. The van der Waals surface area contributed by atoms with Crippen LogP contribution in [0.1, 0.15) is 31.7 Å². The van der Waals surface area contributed by atoms with E-state index < -0.39 is 5.82 Å². The van der Waals surface area contributed by atoms with Crippen molar-refractivity contribution in [3.8, 4) is 5.75 Å². The summed E-state index contributed by atoms with van der Waals surface area (Å²) in [6.07, 6.45) is 2.13. The molecule has 1 aromatic carbocycles. The second-order valence-electron chi connectivity index (χ2n) is 4.62. The van der Waals surface area contributed by atoms with Crippen LogP contribution < -0.4 is 10.5 Å². The van der Waals surface area contributed by atoms with Gasteiger partial charge >= 0.3 is 0 Å². The molecule has 0 bridgehead atoms. The molecule has 0 atom stereocenters. The van der Waals surface area contributed by atoms with E-state index in [2.05, 4.69) is 0 Å². The summed E-state index contributed by atoms with van der Waals surface area (Å²) in [5.41, 5.74) is 6.17. The van der Waals surface area contributed by atoms with Crippen molar-refractivity contribution in [1.82, 2.24) is 4.90 Å². The van der Waals surface area contributed by atoms with Gasteiger partial charge in [-0.3, -0.25) is 4.79 Å². The van der Waals surface area contributed by atoms with Crippen molar-refractivity contribution in [2.75, 3.05) is 20.2 Å². The van der Waals surface area contributed by atoms with E-state index in [-0.39, 0.29) is 11.7 Å². The van der Waals surface area contributed by atoms with Gasteiger partial charge in [0, 0.05) is 19.5 Å². The first-order chi connectivity index (χ1) is 9.62. The van der Waals surface area contributed by atoms with Gasteiger partial charge in [-0.1, -0.05) is 6.07 Å². The number of halogens is 1. The first-order valence-electron chi connectivity index (χ1n) is 6.92. The first-order valence-corrected chi connectivity index (χ1v) is 6.92. The highest BCUT2D eigenvalue weighted by atomic mass is 19.1. The summed E-state index contributed by atoms with van der Waals surface area (Å²) < 4.78 is 18.5. The van der Waals surface area contributed by atoms with E-state index in [1.54, 1.807) is 17.0 Å². The number of unbranched alkanes of at least 4 members (excludes halogenated alkanes) is 1. The fourth-order valence-electron chi connectivity index (χ4n) is 1.98. The highest BCUT2D eigenvalue weighted by Gasteiger charge is 2.13. The van der Waals surface area contributed by atoms with E-state index in [9.17, 15) is 9.18 Å². The minimum absolute atomic E-state index is 0.0807. The number of amides is 1. The van der Waals surface area contributed by atoms with E-state index in [0.717, 1.165) is 18.4 Å². The van der Waals surface area contributed by atoms with Gasteiger partial charge in [0.05, 0.1) is 7.11 Å². The predicted molar refractivity (Wildman–Crippen MR) is 76.9 cm³/mol. The number of hydrogen-bond acceptors (Lipinski definition) is 3. The van der Waals surface area contributed by atoms with E-state index in [4.69, 9.17) is 10.5 Å². The Morgan fingerprint density at radius 2 is 2.15 bits per heavy atom. The van der Waals surface area contributed by atoms with Gasteiger partial charge in [0.15, 0.2) is 11.6 Å². The van der Waals surface area contributed by atoms with Crippen LogP contribution in [0, 0.1) is 5.82 Å². The molecule has 0 fully saturated rings. The maximum atomic E-state index is 13.6. The SMILES string of the molecule is CCN(Cc1ccc(OC)c(F)c1)C(=O)CCCCN. The zero-order valence-corrected chi connectivity index (χ0v) is 12.2. The molecule has 0 unspecified atom stereocenters. The average molecular weight is 282 g/mol. The Bertz CT molecular complexity index is 438. The van der Waals surface area contributed by atoms with Crippen LogP contribution in [0.25, 0.3) is 0 Å². The molecule has 2 N–H and O–H groups in total. The molecule has 20 heavy (non-hydrogen) atoms. The maximum Gasteiger partial charge on any atom is 0.222 e. The largest absolute Gasteiger partial charge is 0.494 e. The fourth-order valence-corrected chi connectivity index (χ4v) is 1.98. The number of hydrogen-bond donors (Lipinski definition) is 1. The third-order valence-electron chi connectivity index (χ3n) is 3.17. The lowest BCUT2D eigenvalue weighted by Crippen LogP contribution is -2.30. The fraction of sp³-hybridized carbons (Fsp3) is 0.533. The summed E-state index contributed by atoms with van der Waals surface area (Å²) in [5, 5.41) is 0. The molecule has 1 aromatic rings. The number of benzene rings is 1. The lowest BCUT2D eigenvalue weighted by Gasteiger charge is -2.21. The predicted octanol–water partition coefficient (Wildman–Crippen LogP) is 2.31. The van der Waals surface area contributed by atoms with E-state index in [0.29, 0.717) is 26.1 Å². The Morgan fingerprint density at radius 3 is 2.70 bits per heavy atom. The lowest BCUT2D eigenvalue weighted by molar-refractivity contribution is -0.131. The molecular weight excluding hydrogens is 259 g/mol. The molecule has 0 saturated carbocycles. The molecule has 0 heterocycles. The van der Waals surface area contributed by atoms with Gasteiger partial charge in [0.1, 0.15) is 0 Å². The van der Waals surface area contributed by atoms with Crippen LogP contribution in [0.3, 0.4) is 0 Å². The van der Waals surface area contributed by atoms with Gasteiger partial charge in [-0.15, -0.1) is 0 Å². The van der Waals surface area contributed by atoms with Crippen molar-refractivity contribution in [2.45, 2.75) is 32.7 Å². The minimum Gasteiger partial charge on any atom is -0.494 e. The number of rotatable bonds is 8. The smallest absolute Gasteiger partial charge is 0.222 e. The lowest BCUT2D eigenvalue weighted by atomic mass is 10.1. The van der Waals surface area contributed by atoms with Gasteiger partial charge in [-0.05, 0) is 44.0 Å². The summed E-state index contributed by atoms with van der Waals surface area (Å²) >= 11 is 0. The summed E-state index contributed by atoms with van der Waals surface area (Å²) in [6, 6.07) is 4.77. The summed E-state index contributed by atoms with van der Waals surface area (Å²) in [7, 11) is 1.43. The third kappa shape index (κ3) is 4.81. The number of nitrogens with two attached hydrogens (primary N) is 1. The van der Waals surface area contributed by atoms with E-state index in [1.807, 2.05) is 6.92 Å². The number of nitrogens with zero attached hydrogens (tertiary/aromatic N) is 1. The molecule has 0 saturated heterocycles. The van der Waals surface area contributed by atoms with Crippen LogP contribution in [0.4, 0.5) is 4.39 Å². The second kappa shape index (κ2) is 8.53. The van der Waals surface area contributed by atoms with Crippen molar-refractivity contribution in [3.63, 3.8) is 0 Å². The molecule has 5 heteroatoms. The molecule has 4 nitrogen and oxygen atoms in total. The van der Waals surface area contributed by atoms with Crippen LogP contribution in [0.5, 0.6) is 5.75 Å². The summed E-state index contributed by atoms with van der Waals surface area (Å²) in [6.45, 7) is 3.54. The normalized spacial score (nSPS) is 10.4. The van der Waals surface area contributed by atoms with Crippen molar-refractivity contribution >= 4 is 5.91 Å². The second-order valence-corrected chi connectivity index (χ2v) is 4.62. The van der Waals surface area contributed by atoms with E-state index >= 15 is 0 Å². The van der Waals surface area contributed by atoms with Crippen molar-refractivity contribution in [2.24, 2.45) is 5.73 Å². The van der Waals surface area contributed by atoms with E-state index in [1.165, 1.54) is 13.2 Å². The Labute approximate surface area is 119 Å². The van der Waals surface area contributed by atoms with Gasteiger partial charge in [0.2, 0.25) is 5.91 Å². The summed E-state index contributed by atoms with van der Waals surface area (Å²) in [5.74, 6) is -0.111.